The Morgan fingerprint density at radius 1 is 1.39 bits per heavy atom. The zero-order valence-corrected chi connectivity index (χ0v) is 14.2. The van der Waals surface area contributed by atoms with Crippen molar-refractivity contribution in [3.05, 3.63) is 28.3 Å². The number of β-amino-alcohol motifs (C(OH)–C–C–N with tert-alkyl or cyclic N) is 1. The Kier molecular flexibility index (Phi) is 5.49. The predicted octanol–water partition coefficient (Wildman–Crippen LogP) is 2.06. The van der Waals surface area contributed by atoms with Crippen LogP contribution in [0, 0.1) is 6.92 Å². The molecule has 1 atom stereocenters. The highest BCUT2D eigenvalue weighted by atomic mass is 35.5. The molecule has 1 aromatic carbocycles. The molecule has 126 valence electrons. The molecule has 23 heavy (non-hydrogen) atoms. The molecule has 0 bridgehead atoms. The summed E-state index contributed by atoms with van der Waals surface area (Å²) in [4.78, 5) is 23.9. The zero-order valence-electron chi connectivity index (χ0n) is 13.4. The van der Waals surface area contributed by atoms with Gasteiger partial charge in [0.25, 0.3) is 0 Å². The number of carbonyl (C=O) groups excluding carboxylic acids is 2. The fourth-order valence-electron chi connectivity index (χ4n) is 2.34. The lowest BCUT2D eigenvalue weighted by Gasteiger charge is -2.20. The number of rotatable bonds is 6. The van der Waals surface area contributed by atoms with Crippen LogP contribution in [0.5, 0.6) is 5.75 Å². The predicted molar refractivity (Wildman–Crippen MR) is 86.9 cm³/mol. The number of hydrogen-bond donors (Lipinski definition) is 2. The molecule has 6 nitrogen and oxygen atoms in total. The van der Waals surface area contributed by atoms with Gasteiger partial charge in [-0.25, -0.2) is 4.79 Å². The first-order valence-electron chi connectivity index (χ1n) is 7.48. The van der Waals surface area contributed by atoms with Crippen LogP contribution >= 0.6 is 11.6 Å². The van der Waals surface area contributed by atoms with E-state index in [2.05, 4.69) is 5.32 Å². The molecule has 2 N–H and O–H groups in total. The molecule has 1 aliphatic heterocycles. The summed E-state index contributed by atoms with van der Waals surface area (Å²) in [5, 5.41) is 13.1. The average Bonchev–Trinajstić information content (AvgIpc) is 2.79. The number of urea groups is 1. The number of carbonyl (C=O) groups is 2. The summed E-state index contributed by atoms with van der Waals surface area (Å²) >= 11 is 6.14. The minimum Gasteiger partial charge on any atom is -0.491 e. The number of benzene rings is 1. The third-order valence-corrected chi connectivity index (χ3v) is 4.08. The van der Waals surface area contributed by atoms with E-state index in [1.54, 1.807) is 0 Å². The second-order valence-corrected chi connectivity index (χ2v) is 6.33. The third-order valence-electron chi connectivity index (χ3n) is 3.67. The molecule has 1 heterocycles. The fraction of sp³-hybridized carbons (Fsp3) is 0.500. The molecule has 1 saturated heterocycles. The van der Waals surface area contributed by atoms with E-state index in [0.717, 1.165) is 16.0 Å². The number of aryl methyl sites for hydroxylation is 1. The van der Waals surface area contributed by atoms with E-state index >= 15 is 0 Å². The van der Waals surface area contributed by atoms with E-state index in [1.165, 1.54) is 0 Å². The van der Waals surface area contributed by atoms with Gasteiger partial charge in [-0.1, -0.05) is 25.4 Å². The minimum atomic E-state index is -0.959. The van der Waals surface area contributed by atoms with Gasteiger partial charge in [-0.05, 0) is 36.1 Å². The van der Waals surface area contributed by atoms with Crippen molar-refractivity contribution >= 4 is 23.5 Å². The van der Waals surface area contributed by atoms with E-state index < -0.39 is 12.1 Å². The van der Waals surface area contributed by atoms with Crippen LogP contribution in [0.25, 0.3) is 0 Å². The van der Waals surface area contributed by atoms with Gasteiger partial charge in [0, 0.05) is 5.02 Å². The minimum absolute atomic E-state index is 0.0160. The van der Waals surface area contributed by atoms with Crippen molar-refractivity contribution in [2.24, 2.45) is 0 Å². The zero-order chi connectivity index (χ0) is 17.1. The highest BCUT2D eigenvalue weighted by Gasteiger charge is 2.30. The molecule has 0 aliphatic carbocycles. The highest BCUT2D eigenvalue weighted by molar-refractivity contribution is 6.31. The first-order valence-corrected chi connectivity index (χ1v) is 7.86. The largest absolute Gasteiger partial charge is 0.491 e. The number of amides is 3. The first kappa shape index (κ1) is 17.6. The van der Waals surface area contributed by atoms with Crippen molar-refractivity contribution in [2.75, 3.05) is 19.7 Å². The number of halogens is 1. The van der Waals surface area contributed by atoms with Crippen molar-refractivity contribution in [2.45, 2.75) is 32.8 Å². The van der Waals surface area contributed by atoms with E-state index in [4.69, 9.17) is 16.3 Å². The molecule has 3 amide bonds. The Balaban J connectivity index is 2.01. The van der Waals surface area contributed by atoms with Crippen LogP contribution in [0.2, 0.25) is 5.02 Å². The molecular formula is C16H21ClN2O4. The second-order valence-electron chi connectivity index (χ2n) is 5.92. The van der Waals surface area contributed by atoms with Crippen LogP contribution < -0.4 is 10.1 Å². The summed E-state index contributed by atoms with van der Waals surface area (Å²) in [7, 11) is 0. The van der Waals surface area contributed by atoms with Crippen LogP contribution in [0.4, 0.5) is 4.79 Å². The van der Waals surface area contributed by atoms with Gasteiger partial charge in [0.1, 0.15) is 18.5 Å². The van der Waals surface area contributed by atoms with Crippen LogP contribution in [0.15, 0.2) is 12.1 Å². The molecular weight excluding hydrogens is 320 g/mol. The molecule has 1 unspecified atom stereocenters. The van der Waals surface area contributed by atoms with Crippen molar-refractivity contribution < 1.29 is 19.4 Å². The molecule has 7 heteroatoms. The van der Waals surface area contributed by atoms with Crippen molar-refractivity contribution in [3.63, 3.8) is 0 Å². The molecule has 1 aliphatic rings. The van der Waals surface area contributed by atoms with E-state index in [1.807, 2.05) is 32.9 Å². The summed E-state index contributed by atoms with van der Waals surface area (Å²) < 4.78 is 5.70. The van der Waals surface area contributed by atoms with Gasteiger partial charge in [-0.2, -0.15) is 0 Å². The Morgan fingerprint density at radius 2 is 2.09 bits per heavy atom. The molecule has 0 radical (unpaired) electrons. The molecule has 1 aromatic rings. The molecule has 1 fully saturated rings. The van der Waals surface area contributed by atoms with Gasteiger partial charge >= 0.3 is 6.03 Å². The lowest BCUT2D eigenvalue weighted by atomic mass is 10.0. The van der Waals surface area contributed by atoms with Gasteiger partial charge < -0.3 is 15.2 Å². The maximum Gasteiger partial charge on any atom is 0.324 e. The third kappa shape index (κ3) is 4.14. The summed E-state index contributed by atoms with van der Waals surface area (Å²) in [5.74, 6) is 0.517. The van der Waals surface area contributed by atoms with Crippen LogP contribution in [-0.2, 0) is 4.79 Å². The fourth-order valence-corrected chi connectivity index (χ4v) is 2.51. The summed E-state index contributed by atoms with van der Waals surface area (Å²) in [6, 6.07) is 3.21. The van der Waals surface area contributed by atoms with Gasteiger partial charge in [0.05, 0.1) is 13.1 Å². The Morgan fingerprint density at radius 3 is 2.65 bits per heavy atom. The summed E-state index contributed by atoms with van der Waals surface area (Å²) in [6.07, 6.45) is -0.959. The molecule has 0 saturated carbocycles. The number of nitrogens with one attached hydrogen (secondary N) is 1. The monoisotopic (exact) mass is 340 g/mol. The van der Waals surface area contributed by atoms with Crippen molar-refractivity contribution in [1.29, 1.82) is 0 Å². The quantitative estimate of drug-likeness (QED) is 0.777. The number of aliphatic hydroxyl groups is 1. The Hall–Kier alpha value is -1.79. The lowest BCUT2D eigenvalue weighted by molar-refractivity contribution is -0.126. The number of ether oxygens (including phenoxy) is 1. The summed E-state index contributed by atoms with van der Waals surface area (Å²) in [5.41, 5.74) is 1.83. The highest BCUT2D eigenvalue weighted by Crippen LogP contribution is 2.32. The normalized spacial score (nSPS) is 16.0. The summed E-state index contributed by atoms with van der Waals surface area (Å²) in [6.45, 7) is 5.80. The van der Waals surface area contributed by atoms with E-state index in [9.17, 15) is 14.7 Å². The smallest absolute Gasteiger partial charge is 0.324 e. The van der Waals surface area contributed by atoms with Gasteiger partial charge in [-0.15, -0.1) is 0 Å². The maximum atomic E-state index is 11.5. The standard InChI is InChI=1S/C16H21ClN2O4/c1-9(2)12-5-13(17)10(3)4-14(12)23-8-11(20)7-19-15(21)6-18-16(19)22/h4-5,9,11,20H,6-8H2,1-3H3,(H,18,22). The topological polar surface area (TPSA) is 78.9 Å². The SMILES string of the molecule is Cc1cc(OCC(O)CN2C(=O)CNC2=O)c(C(C)C)cc1Cl. The number of nitrogens with zero attached hydrogens (tertiary/aromatic N) is 1. The van der Waals surface area contributed by atoms with Gasteiger partial charge in [0.15, 0.2) is 0 Å². The number of aliphatic hydroxyl groups excluding tert-OH is 1. The van der Waals surface area contributed by atoms with Crippen molar-refractivity contribution in [1.82, 2.24) is 10.2 Å². The molecule has 0 aromatic heterocycles. The average molecular weight is 341 g/mol. The maximum absolute atomic E-state index is 11.5. The molecule has 0 spiro atoms. The van der Waals surface area contributed by atoms with Gasteiger partial charge in [-0.3, -0.25) is 9.69 Å². The van der Waals surface area contributed by atoms with Crippen LogP contribution in [-0.4, -0.2) is 47.7 Å². The second kappa shape index (κ2) is 7.19. The first-order chi connectivity index (χ1) is 10.8. The van der Waals surface area contributed by atoms with E-state index in [-0.39, 0.29) is 31.5 Å². The van der Waals surface area contributed by atoms with E-state index in [0.29, 0.717) is 10.8 Å². The van der Waals surface area contributed by atoms with Crippen LogP contribution in [0.1, 0.15) is 30.9 Å². The van der Waals surface area contributed by atoms with Gasteiger partial charge in [0.2, 0.25) is 5.91 Å². The van der Waals surface area contributed by atoms with Crippen molar-refractivity contribution in [3.8, 4) is 5.75 Å². The number of hydrogen-bond acceptors (Lipinski definition) is 4. The Bertz CT molecular complexity index is 602. The van der Waals surface area contributed by atoms with Crippen LogP contribution in [0.3, 0.4) is 0 Å². The number of imide groups is 1. The molecule has 2 rings (SSSR count). The Labute approximate surface area is 140 Å². The lowest BCUT2D eigenvalue weighted by Crippen LogP contribution is -2.39.